The van der Waals surface area contributed by atoms with Gasteiger partial charge in [0, 0.05) is 15.8 Å². The highest BCUT2D eigenvalue weighted by Gasteiger charge is 2.28. The van der Waals surface area contributed by atoms with Gasteiger partial charge in [-0.05, 0) is 43.7 Å². The summed E-state index contributed by atoms with van der Waals surface area (Å²) in [6.07, 6.45) is 0. The van der Waals surface area contributed by atoms with Gasteiger partial charge in [-0.3, -0.25) is 0 Å². The summed E-state index contributed by atoms with van der Waals surface area (Å²) in [5.41, 5.74) is -1.15. The van der Waals surface area contributed by atoms with Gasteiger partial charge in [0.2, 0.25) is 0 Å². The van der Waals surface area contributed by atoms with Crippen LogP contribution in [0.15, 0.2) is 30.3 Å². The largest absolute Gasteiger partial charge is 0.380 e. The lowest BCUT2D eigenvalue weighted by Gasteiger charge is -2.22. The van der Waals surface area contributed by atoms with E-state index in [2.05, 4.69) is 0 Å². The van der Waals surface area contributed by atoms with Gasteiger partial charge in [-0.25, -0.2) is 8.78 Å². The molecule has 90 valence electrons. The van der Waals surface area contributed by atoms with Gasteiger partial charge in [0.25, 0.3) is 0 Å². The van der Waals surface area contributed by atoms with Crippen molar-refractivity contribution in [3.05, 3.63) is 57.3 Å². The van der Waals surface area contributed by atoms with Gasteiger partial charge in [-0.1, -0.05) is 0 Å². The molecule has 0 saturated carbocycles. The Kier molecular flexibility index (Phi) is 3.02. The van der Waals surface area contributed by atoms with Crippen LogP contribution in [0.1, 0.15) is 22.2 Å². The first-order valence-corrected chi connectivity index (χ1v) is 5.97. The molecule has 0 saturated heterocycles. The Morgan fingerprint density at radius 2 is 1.71 bits per heavy atom. The fourth-order valence-electron chi connectivity index (χ4n) is 1.67. The maximum Gasteiger partial charge on any atom is 0.126 e. The van der Waals surface area contributed by atoms with Crippen LogP contribution in [0.2, 0.25) is 0 Å². The Bertz CT molecular complexity index is 526. The number of aryl methyl sites for hydroxylation is 1. The summed E-state index contributed by atoms with van der Waals surface area (Å²) in [6.45, 7) is 3.45. The van der Waals surface area contributed by atoms with Crippen molar-refractivity contribution in [2.45, 2.75) is 19.4 Å². The smallest absolute Gasteiger partial charge is 0.126 e. The van der Waals surface area contributed by atoms with Crippen molar-refractivity contribution >= 4 is 11.3 Å². The van der Waals surface area contributed by atoms with Crippen molar-refractivity contribution in [2.75, 3.05) is 0 Å². The third kappa shape index (κ3) is 2.37. The van der Waals surface area contributed by atoms with Gasteiger partial charge in [-0.2, -0.15) is 0 Å². The van der Waals surface area contributed by atoms with E-state index in [4.69, 9.17) is 0 Å². The highest BCUT2D eigenvalue weighted by molar-refractivity contribution is 7.12. The number of rotatable bonds is 2. The summed E-state index contributed by atoms with van der Waals surface area (Å²) >= 11 is 1.41. The summed E-state index contributed by atoms with van der Waals surface area (Å²) in [6, 6.07) is 6.72. The number of benzene rings is 1. The number of hydrogen-bond donors (Lipinski definition) is 1. The lowest BCUT2D eigenvalue weighted by Crippen LogP contribution is -2.21. The van der Waals surface area contributed by atoms with Crippen LogP contribution in [0, 0.1) is 18.6 Å². The van der Waals surface area contributed by atoms with Gasteiger partial charge >= 0.3 is 0 Å². The van der Waals surface area contributed by atoms with Crippen molar-refractivity contribution in [1.82, 2.24) is 0 Å². The molecule has 0 fully saturated rings. The Balaban J connectivity index is 2.50. The summed E-state index contributed by atoms with van der Waals surface area (Å²) in [5, 5.41) is 10.4. The summed E-state index contributed by atoms with van der Waals surface area (Å²) in [4.78, 5) is 1.71. The highest BCUT2D eigenvalue weighted by Crippen LogP contribution is 2.34. The summed E-state index contributed by atoms with van der Waals surface area (Å²) in [5.74, 6) is -1.37. The molecule has 1 heterocycles. The zero-order valence-corrected chi connectivity index (χ0v) is 10.3. The molecule has 1 aromatic heterocycles. The van der Waals surface area contributed by atoms with E-state index in [-0.39, 0.29) is 5.56 Å². The monoisotopic (exact) mass is 254 g/mol. The molecule has 1 atom stereocenters. The minimum Gasteiger partial charge on any atom is -0.380 e. The quantitative estimate of drug-likeness (QED) is 0.868. The topological polar surface area (TPSA) is 20.2 Å². The molecule has 2 rings (SSSR count). The molecule has 0 radical (unpaired) electrons. The van der Waals surface area contributed by atoms with Gasteiger partial charge < -0.3 is 5.11 Å². The lowest BCUT2D eigenvalue weighted by molar-refractivity contribution is 0.105. The third-order valence-electron chi connectivity index (χ3n) is 2.64. The minimum absolute atomic E-state index is 0.219. The molecular weight excluding hydrogens is 242 g/mol. The summed E-state index contributed by atoms with van der Waals surface area (Å²) < 4.78 is 26.3. The molecule has 1 N–H and O–H groups in total. The Hall–Kier alpha value is -1.26. The maximum atomic E-state index is 13.1. The lowest BCUT2D eigenvalue weighted by atomic mass is 9.94. The molecular formula is C13H12F2OS. The first-order chi connectivity index (χ1) is 7.89. The van der Waals surface area contributed by atoms with Crippen LogP contribution in [0.4, 0.5) is 8.78 Å². The molecule has 0 aliphatic carbocycles. The second-order valence-corrected chi connectivity index (χ2v) is 5.43. The normalized spacial score (nSPS) is 14.6. The van der Waals surface area contributed by atoms with E-state index in [0.29, 0.717) is 4.88 Å². The molecule has 0 bridgehead atoms. The van der Waals surface area contributed by atoms with E-state index < -0.39 is 17.2 Å². The number of thiophene rings is 1. The van der Waals surface area contributed by atoms with E-state index >= 15 is 0 Å². The molecule has 0 spiro atoms. The van der Waals surface area contributed by atoms with E-state index in [9.17, 15) is 13.9 Å². The number of halogens is 2. The van der Waals surface area contributed by atoms with Gasteiger partial charge in [0.1, 0.15) is 17.2 Å². The van der Waals surface area contributed by atoms with Crippen molar-refractivity contribution in [3.8, 4) is 0 Å². The Morgan fingerprint density at radius 3 is 2.18 bits per heavy atom. The Morgan fingerprint density at radius 1 is 1.12 bits per heavy atom. The standard InChI is InChI=1S/C13H12F2OS/c1-8-3-4-12(17-8)13(2,16)9-5-10(14)7-11(15)6-9/h3-7,16H,1-2H3. The molecule has 0 aliphatic heterocycles. The fourth-order valence-corrected chi connectivity index (χ4v) is 2.61. The van der Waals surface area contributed by atoms with Gasteiger partial charge in [0.05, 0.1) is 0 Å². The van der Waals surface area contributed by atoms with Crippen LogP contribution in [0.5, 0.6) is 0 Å². The van der Waals surface area contributed by atoms with E-state index in [1.165, 1.54) is 18.3 Å². The van der Waals surface area contributed by atoms with E-state index in [1.807, 2.05) is 13.0 Å². The van der Waals surface area contributed by atoms with Crippen molar-refractivity contribution in [1.29, 1.82) is 0 Å². The molecule has 1 nitrogen and oxygen atoms in total. The van der Waals surface area contributed by atoms with Gasteiger partial charge in [0.15, 0.2) is 0 Å². The van der Waals surface area contributed by atoms with E-state index in [1.54, 1.807) is 6.07 Å². The zero-order chi connectivity index (χ0) is 12.6. The fraction of sp³-hybridized carbons (Fsp3) is 0.231. The minimum atomic E-state index is -1.37. The number of hydrogen-bond acceptors (Lipinski definition) is 2. The average Bonchev–Trinajstić information content (AvgIpc) is 2.64. The maximum absolute atomic E-state index is 13.1. The zero-order valence-electron chi connectivity index (χ0n) is 9.50. The van der Waals surface area contributed by atoms with Crippen molar-refractivity contribution < 1.29 is 13.9 Å². The first-order valence-electron chi connectivity index (χ1n) is 5.15. The second-order valence-electron chi connectivity index (χ2n) is 4.14. The molecule has 0 aliphatic rings. The SMILES string of the molecule is Cc1ccc(C(C)(O)c2cc(F)cc(F)c2)s1. The van der Waals surface area contributed by atoms with Crippen molar-refractivity contribution in [3.63, 3.8) is 0 Å². The van der Waals surface area contributed by atoms with Crippen LogP contribution in [-0.2, 0) is 5.60 Å². The predicted molar refractivity (Wildman–Crippen MR) is 64.1 cm³/mol. The van der Waals surface area contributed by atoms with Gasteiger partial charge in [-0.15, -0.1) is 11.3 Å². The molecule has 1 unspecified atom stereocenters. The Labute approximate surface area is 102 Å². The van der Waals surface area contributed by atoms with Crippen molar-refractivity contribution in [2.24, 2.45) is 0 Å². The predicted octanol–water partition coefficient (Wildman–Crippen LogP) is 3.59. The average molecular weight is 254 g/mol. The second kappa shape index (κ2) is 4.20. The van der Waals surface area contributed by atoms with Crippen LogP contribution < -0.4 is 0 Å². The molecule has 17 heavy (non-hydrogen) atoms. The van der Waals surface area contributed by atoms with E-state index in [0.717, 1.165) is 23.1 Å². The number of aliphatic hydroxyl groups is 1. The third-order valence-corrected chi connectivity index (χ3v) is 3.86. The molecule has 4 heteroatoms. The molecule has 2 aromatic rings. The van der Waals surface area contributed by atoms with Crippen LogP contribution in [-0.4, -0.2) is 5.11 Å². The summed E-state index contributed by atoms with van der Waals surface area (Å²) in [7, 11) is 0. The van der Waals surface area contributed by atoms with Crippen LogP contribution in [0.3, 0.4) is 0 Å². The van der Waals surface area contributed by atoms with Crippen LogP contribution >= 0.6 is 11.3 Å². The molecule has 1 aromatic carbocycles. The van der Waals surface area contributed by atoms with Crippen LogP contribution in [0.25, 0.3) is 0 Å². The molecule has 0 amide bonds. The highest BCUT2D eigenvalue weighted by atomic mass is 32.1. The first kappa shape index (κ1) is 12.2.